The average molecular weight is 391 g/mol. The Labute approximate surface area is 166 Å². The van der Waals surface area contributed by atoms with E-state index in [9.17, 15) is 8.78 Å². The highest BCUT2D eigenvalue weighted by atomic mass is 19.3. The number of rotatable bonds is 8. The maximum Gasteiger partial charge on any atom is 0.277 e. The molecule has 4 nitrogen and oxygen atoms in total. The number of allylic oxidation sites excluding steroid dienone is 3. The highest BCUT2D eigenvalue weighted by Gasteiger charge is 2.16. The van der Waals surface area contributed by atoms with Gasteiger partial charge in [-0.05, 0) is 61.5 Å². The molecule has 0 aromatic heterocycles. The normalized spacial score (nSPS) is 18.5. The van der Waals surface area contributed by atoms with Crippen LogP contribution in [-0.2, 0) is 0 Å². The molecule has 28 heavy (non-hydrogen) atoms. The van der Waals surface area contributed by atoms with Crippen LogP contribution < -0.4 is 32.5 Å². The molecule has 6 N–H and O–H groups in total. The van der Waals surface area contributed by atoms with E-state index in [1.807, 2.05) is 6.08 Å². The molecule has 0 radical (unpaired) electrons. The lowest BCUT2D eigenvalue weighted by atomic mass is 9.91. The first-order valence-electron chi connectivity index (χ1n) is 9.89. The summed E-state index contributed by atoms with van der Waals surface area (Å²) in [5, 5.41) is 8.90. The maximum absolute atomic E-state index is 12.7. The lowest BCUT2D eigenvalue weighted by Gasteiger charge is -2.26. The van der Waals surface area contributed by atoms with Gasteiger partial charge >= 0.3 is 0 Å². The van der Waals surface area contributed by atoms with Gasteiger partial charge in [-0.1, -0.05) is 37.8 Å². The third kappa shape index (κ3) is 5.83. The topological polar surface area (TPSA) is 76.1 Å². The van der Waals surface area contributed by atoms with Gasteiger partial charge in [0, 0.05) is 23.1 Å². The van der Waals surface area contributed by atoms with Gasteiger partial charge in [0.15, 0.2) is 0 Å². The molecular weight excluding hydrogens is 358 g/mol. The van der Waals surface area contributed by atoms with Crippen molar-refractivity contribution in [2.75, 3.05) is 18.4 Å². The van der Waals surface area contributed by atoms with E-state index >= 15 is 0 Å². The highest BCUT2D eigenvalue weighted by Crippen LogP contribution is 2.25. The minimum atomic E-state index is -2.62. The van der Waals surface area contributed by atoms with Gasteiger partial charge in [-0.15, -0.1) is 0 Å². The summed E-state index contributed by atoms with van der Waals surface area (Å²) in [7, 11) is 0. The minimum Gasteiger partial charge on any atom is -0.404 e. The van der Waals surface area contributed by atoms with Crippen LogP contribution in [0.3, 0.4) is 0 Å². The Bertz CT molecular complexity index is 795. The summed E-state index contributed by atoms with van der Waals surface area (Å²) < 4.78 is 25.5. The molecular formula is C22H32F2N4. The van der Waals surface area contributed by atoms with Crippen molar-refractivity contribution < 1.29 is 8.78 Å². The van der Waals surface area contributed by atoms with Crippen LogP contribution in [0.5, 0.6) is 0 Å². The highest BCUT2D eigenvalue weighted by molar-refractivity contribution is 5.55. The molecule has 0 amide bonds. The van der Waals surface area contributed by atoms with E-state index in [-0.39, 0.29) is 11.6 Å². The molecule has 1 unspecified atom stereocenters. The number of nitrogens with two attached hydrogens (primary N) is 2. The molecule has 0 spiro atoms. The van der Waals surface area contributed by atoms with Crippen LogP contribution in [0.1, 0.15) is 44.1 Å². The number of alkyl halides is 2. The second kappa shape index (κ2) is 10.9. The maximum atomic E-state index is 12.7. The van der Waals surface area contributed by atoms with Crippen molar-refractivity contribution in [3.8, 4) is 0 Å². The van der Waals surface area contributed by atoms with Crippen LogP contribution >= 0.6 is 0 Å². The SMILES string of the molecule is C=C/C=c1/cc(C(CC)C/C=C(\N)C(F)F)cc(NC2CCNCC2)/c1=C/N. The molecule has 0 saturated carbocycles. The molecule has 0 aliphatic carbocycles. The van der Waals surface area contributed by atoms with Crippen molar-refractivity contribution in [3.63, 3.8) is 0 Å². The van der Waals surface area contributed by atoms with Gasteiger partial charge in [0.25, 0.3) is 6.43 Å². The van der Waals surface area contributed by atoms with E-state index < -0.39 is 6.43 Å². The molecule has 1 atom stereocenters. The first-order chi connectivity index (χ1) is 13.5. The van der Waals surface area contributed by atoms with Gasteiger partial charge in [0.05, 0.1) is 5.70 Å². The van der Waals surface area contributed by atoms with Crippen LogP contribution in [0.2, 0.25) is 0 Å². The molecule has 154 valence electrons. The smallest absolute Gasteiger partial charge is 0.277 e. The van der Waals surface area contributed by atoms with Crippen LogP contribution in [0, 0.1) is 0 Å². The number of anilines is 1. The van der Waals surface area contributed by atoms with Crippen molar-refractivity contribution in [2.45, 2.75) is 51.0 Å². The molecule has 1 saturated heterocycles. The Morgan fingerprint density at radius 1 is 1.36 bits per heavy atom. The fourth-order valence-corrected chi connectivity index (χ4v) is 3.60. The molecule has 1 fully saturated rings. The van der Waals surface area contributed by atoms with Crippen molar-refractivity contribution in [3.05, 3.63) is 52.6 Å². The lowest BCUT2D eigenvalue weighted by Crippen LogP contribution is -2.38. The number of hydrogen-bond acceptors (Lipinski definition) is 4. The zero-order valence-electron chi connectivity index (χ0n) is 16.6. The quantitative estimate of drug-likeness (QED) is 0.550. The Morgan fingerprint density at radius 2 is 2.07 bits per heavy atom. The van der Waals surface area contributed by atoms with Gasteiger partial charge in [0.1, 0.15) is 0 Å². The van der Waals surface area contributed by atoms with Gasteiger partial charge < -0.3 is 22.1 Å². The van der Waals surface area contributed by atoms with Crippen molar-refractivity contribution in [1.82, 2.24) is 5.32 Å². The van der Waals surface area contributed by atoms with Crippen molar-refractivity contribution >= 4 is 18.0 Å². The predicted octanol–water partition coefficient (Wildman–Crippen LogP) is 2.51. The predicted molar refractivity (Wildman–Crippen MR) is 114 cm³/mol. The summed E-state index contributed by atoms with van der Waals surface area (Å²) in [5.41, 5.74) is 13.1. The minimum absolute atomic E-state index is 0.0923. The summed E-state index contributed by atoms with van der Waals surface area (Å²) >= 11 is 0. The molecule has 1 aromatic carbocycles. The van der Waals surface area contributed by atoms with E-state index in [4.69, 9.17) is 11.5 Å². The number of nitrogens with one attached hydrogen (secondary N) is 2. The number of benzene rings is 1. The van der Waals surface area contributed by atoms with Gasteiger partial charge in [-0.2, -0.15) is 0 Å². The van der Waals surface area contributed by atoms with Gasteiger partial charge in [0.2, 0.25) is 0 Å². The molecule has 1 aliphatic rings. The molecule has 1 heterocycles. The van der Waals surface area contributed by atoms with E-state index in [0.29, 0.717) is 12.5 Å². The largest absolute Gasteiger partial charge is 0.404 e. The molecule has 1 aliphatic heterocycles. The van der Waals surface area contributed by atoms with Crippen LogP contribution in [0.15, 0.2) is 36.6 Å². The molecule has 6 heteroatoms. The Kier molecular flexibility index (Phi) is 8.51. The van der Waals surface area contributed by atoms with Crippen LogP contribution in [-0.4, -0.2) is 25.6 Å². The second-order valence-electron chi connectivity index (χ2n) is 7.15. The third-order valence-electron chi connectivity index (χ3n) is 5.25. The summed E-state index contributed by atoms with van der Waals surface area (Å²) in [6.07, 6.45) is 7.46. The second-order valence-corrected chi connectivity index (χ2v) is 7.15. The first kappa shape index (κ1) is 22.0. The van der Waals surface area contributed by atoms with E-state index in [2.05, 4.69) is 36.3 Å². The fraction of sp³-hybridized carbons (Fsp3) is 0.455. The van der Waals surface area contributed by atoms with Gasteiger partial charge in [-0.3, -0.25) is 0 Å². The Balaban J connectivity index is 2.44. The summed E-state index contributed by atoms with van der Waals surface area (Å²) in [4.78, 5) is 0. The zero-order valence-corrected chi connectivity index (χ0v) is 16.6. The summed E-state index contributed by atoms with van der Waals surface area (Å²) in [6, 6.07) is 4.54. The number of halogens is 2. The van der Waals surface area contributed by atoms with Crippen LogP contribution in [0.4, 0.5) is 14.5 Å². The number of hydrogen-bond donors (Lipinski definition) is 4. The average Bonchev–Trinajstić information content (AvgIpc) is 2.69. The Hall–Kier alpha value is -2.34. The monoisotopic (exact) mass is 390 g/mol. The third-order valence-corrected chi connectivity index (χ3v) is 5.25. The summed E-state index contributed by atoms with van der Waals surface area (Å²) in [5.74, 6) is 0.0923. The van der Waals surface area contributed by atoms with Crippen molar-refractivity contribution in [1.29, 1.82) is 0 Å². The molecule has 1 aromatic rings. The van der Waals surface area contributed by atoms with Crippen LogP contribution in [0.25, 0.3) is 12.3 Å². The molecule has 0 bridgehead atoms. The van der Waals surface area contributed by atoms with E-state index in [1.54, 1.807) is 12.3 Å². The van der Waals surface area contributed by atoms with E-state index in [1.165, 1.54) is 6.08 Å². The summed E-state index contributed by atoms with van der Waals surface area (Å²) in [6.45, 7) is 7.83. The van der Waals surface area contributed by atoms with Gasteiger partial charge in [-0.25, -0.2) is 8.78 Å². The number of piperidine rings is 1. The zero-order chi connectivity index (χ0) is 20.5. The fourth-order valence-electron chi connectivity index (χ4n) is 3.60. The standard InChI is InChI=1S/C22H32F2N4/c1-3-5-16-12-17(15(4-2)6-7-20(26)22(23)24)13-21(19(16)14-25)28-18-8-10-27-11-9-18/h3,5,7,12-15,18,22,27-28H,1,4,6,8-11,25-26H2,2H3/b16-5-,19-14+,20-7-. The lowest BCUT2D eigenvalue weighted by molar-refractivity contribution is 0.187. The van der Waals surface area contributed by atoms with E-state index in [0.717, 1.165) is 54.0 Å². The molecule has 2 rings (SSSR count). The first-order valence-corrected chi connectivity index (χ1v) is 9.89. The van der Waals surface area contributed by atoms with Crippen molar-refractivity contribution in [2.24, 2.45) is 11.5 Å². The Morgan fingerprint density at radius 3 is 2.64 bits per heavy atom.